The monoisotopic (exact) mass is 1020 g/mol. The first-order valence-corrected chi connectivity index (χ1v) is 25.1. The molecule has 7 rings (SSSR count). The van der Waals surface area contributed by atoms with Crippen LogP contribution >= 0.6 is 0 Å². The summed E-state index contributed by atoms with van der Waals surface area (Å²) in [6.07, 6.45) is 0. The van der Waals surface area contributed by atoms with Gasteiger partial charge >= 0.3 is 0 Å². The molecular weight excluding hydrogens is 979 g/mol. The third-order valence-electron chi connectivity index (χ3n) is 10.8. The minimum Gasteiger partial charge on any atom is -0.505 e. The minimum absolute atomic E-state index is 0.220. The number of aromatic hydroxyl groups is 1. The number of phenolic OH excluding ortho intramolecular Hbond substituents is 1. The summed E-state index contributed by atoms with van der Waals surface area (Å²) >= 11 is 0. The summed E-state index contributed by atoms with van der Waals surface area (Å²) in [6, 6.07) is 25.8. The first-order chi connectivity index (χ1) is 33.4. The molecule has 0 aliphatic heterocycles. The van der Waals surface area contributed by atoms with Crippen molar-refractivity contribution in [2.24, 2.45) is 40.9 Å². The number of nitrogens with one attached hydrogen (secondary N) is 1. The van der Waals surface area contributed by atoms with Crippen molar-refractivity contribution in [3.63, 3.8) is 0 Å². The van der Waals surface area contributed by atoms with Crippen LogP contribution in [0.4, 0.5) is 56.9 Å². The molecule has 0 heterocycles. The topological polar surface area (TPSA) is 313 Å². The Hall–Kier alpha value is -7.87. The molecule has 24 heteroatoms. The van der Waals surface area contributed by atoms with Crippen molar-refractivity contribution in [3.8, 4) is 17.2 Å². The Morgan fingerprint density at radius 3 is 1.37 bits per heavy atom. The molecule has 0 spiro atoms. The Kier molecular flexibility index (Phi) is 14.5. The van der Waals surface area contributed by atoms with Crippen LogP contribution in [0.25, 0.3) is 10.8 Å². The number of aryl methyl sites for hydroxylation is 5. The van der Waals surface area contributed by atoms with E-state index in [1.807, 2.05) is 13.8 Å². The molecule has 0 aliphatic rings. The van der Waals surface area contributed by atoms with Gasteiger partial charge < -0.3 is 19.9 Å². The van der Waals surface area contributed by atoms with E-state index in [2.05, 4.69) is 46.2 Å². The predicted octanol–water partition coefficient (Wildman–Crippen LogP) is 13.2. The van der Waals surface area contributed by atoms with Gasteiger partial charge in [-0.05, 0) is 165 Å². The summed E-state index contributed by atoms with van der Waals surface area (Å²) in [4.78, 5) is -2.29. The fraction of sp³-hybridized carbons (Fsp3) is 0.149. The van der Waals surface area contributed by atoms with Crippen molar-refractivity contribution in [2.45, 2.75) is 49.3 Å². The van der Waals surface area contributed by atoms with Gasteiger partial charge in [-0.2, -0.15) is 50.8 Å². The summed E-state index contributed by atoms with van der Waals surface area (Å²) in [5, 5.41) is 49.3. The lowest BCUT2D eigenvalue weighted by molar-refractivity contribution is 0.415. The average Bonchev–Trinajstić information content (AvgIpc) is 3.30. The van der Waals surface area contributed by atoms with Gasteiger partial charge in [-0.25, -0.2) is 0 Å². The summed E-state index contributed by atoms with van der Waals surface area (Å²) < 4.78 is 112. The van der Waals surface area contributed by atoms with Crippen LogP contribution in [0.15, 0.2) is 159 Å². The molecule has 7 aromatic rings. The number of methoxy groups -OCH3 is 2. The maximum atomic E-state index is 12.6. The minimum atomic E-state index is -4.97. The first kappa shape index (κ1) is 51.0. The van der Waals surface area contributed by atoms with Gasteiger partial charge in [0.1, 0.15) is 38.4 Å². The quantitative estimate of drug-likeness (QED) is 0.0472. The fourth-order valence-corrected chi connectivity index (χ4v) is 8.84. The number of rotatable bonds is 15. The van der Waals surface area contributed by atoms with Gasteiger partial charge in [0, 0.05) is 22.8 Å². The van der Waals surface area contributed by atoms with E-state index in [1.54, 1.807) is 101 Å². The highest BCUT2D eigenvalue weighted by atomic mass is 32.2. The number of fused-ring (bicyclic) bond motifs is 1. The summed E-state index contributed by atoms with van der Waals surface area (Å²) in [5.41, 5.74) is 6.12. The predicted molar refractivity (Wildman–Crippen MR) is 264 cm³/mol. The number of nitrogens with zero attached hydrogens (tertiary/aromatic N) is 8. The van der Waals surface area contributed by atoms with Gasteiger partial charge in [0.2, 0.25) is 0 Å². The number of hydrogen-bond donors (Lipinski definition) is 5. The standard InChI is InChI=1S/C47H43N9O12S3/c1-25-17-39(52-55-42-20-29(5)41(24-43(42)68-7)53-49-36-15-13-34(69(58,59)60)23-44(36)70(61,62)63)26(2)16-37(25)50-51-38-18-28(4)40(19-27(38)3)54-56-46-45(71(64,65)66)22-30-21-32(10-14-35(30)47(46)57)48-31-8-11-33(67-6)12-9-31/h8-24,48,57H,1-7H3,(H,58,59,60)(H,61,62,63)(H,64,65,66). The van der Waals surface area contributed by atoms with Crippen molar-refractivity contribution in [2.75, 3.05) is 19.5 Å². The van der Waals surface area contributed by atoms with Gasteiger partial charge in [-0.3, -0.25) is 13.7 Å². The molecule has 5 N–H and O–H groups in total. The normalized spacial score (nSPS) is 12.5. The number of ether oxygens (including phenoxy) is 2. The maximum absolute atomic E-state index is 12.6. The summed E-state index contributed by atoms with van der Waals surface area (Å²) in [6.45, 7) is 8.84. The van der Waals surface area contributed by atoms with Gasteiger partial charge in [0.05, 0.1) is 47.6 Å². The highest BCUT2D eigenvalue weighted by Gasteiger charge is 2.24. The maximum Gasteiger partial charge on any atom is 0.296 e. The van der Waals surface area contributed by atoms with Crippen molar-refractivity contribution < 1.29 is 53.5 Å². The lowest BCUT2D eigenvalue weighted by atomic mass is 10.1. The molecule has 71 heavy (non-hydrogen) atoms. The zero-order valence-corrected chi connectivity index (χ0v) is 41.1. The van der Waals surface area contributed by atoms with E-state index in [4.69, 9.17) is 9.47 Å². The van der Waals surface area contributed by atoms with Gasteiger partial charge in [0.25, 0.3) is 30.4 Å². The van der Waals surface area contributed by atoms with Crippen LogP contribution < -0.4 is 14.8 Å². The van der Waals surface area contributed by atoms with Crippen LogP contribution in [0.5, 0.6) is 17.2 Å². The van der Waals surface area contributed by atoms with Crippen LogP contribution in [0.1, 0.15) is 27.8 Å². The van der Waals surface area contributed by atoms with E-state index in [-0.39, 0.29) is 16.8 Å². The Labute approximate surface area is 407 Å². The van der Waals surface area contributed by atoms with Crippen molar-refractivity contribution in [3.05, 3.63) is 131 Å². The molecule has 0 saturated heterocycles. The SMILES string of the molecule is COc1ccc(Nc2ccc3c(O)c(N=Nc4cc(C)c(N=Nc5cc(C)c(N=Nc6cc(C)c(N=Nc7ccc(S(=O)(=O)O)cc7S(=O)(=O)O)cc6OC)cc5C)cc4C)c(S(=O)(=O)O)cc3c2)cc1. The zero-order valence-electron chi connectivity index (χ0n) is 38.7. The molecule has 0 fully saturated rings. The number of azo groups is 4. The van der Waals surface area contributed by atoms with E-state index in [1.165, 1.54) is 19.2 Å². The molecule has 366 valence electrons. The van der Waals surface area contributed by atoms with Gasteiger partial charge in [-0.15, -0.1) is 15.3 Å². The van der Waals surface area contributed by atoms with Crippen LogP contribution in [0.2, 0.25) is 0 Å². The van der Waals surface area contributed by atoms with Crippen LogP contribution in [0, 0.1) is 34.6 Å². The molecule has 7 aromatic carbocycles. The Morgan fingerprint density at radius 1 is 0.437 bits per heavy atom. The molecule has 0 atom stereocenters. The van der Waals surface area contributed by atoms with E-state index in [0.717, 1.165) is 23.4 Å². The molecule has 0 aromatic heterocycles. The van der Waals surface area contributed by atoms with E-state index in [9.17, 15) is 44.0 Å². The fourth-order valence-electron chi connectivity index (χ4n) is 6.95. The Balaban J connectivity index is 1.09. The second-order valence-corrected chi connectivity index (χ2v) is 20.1. The second kappa shape index (κ2) is 20.2. The Bertz CT molecular complexity index is 3750. The van der Waals surface area contributed by atoms with E-state index >= 15 is 0 Å². The molecule has 0 unspecified atom stereocenters. The lowest BCUT2D eigenvalue weighted by Gasteiger charge is -2.12. The van der Waals surface area contributed by atoms with Gasteiger partial charge in [-0.1, -0.05) is 0 Å². The zero-order chi connectivity index (χ0) is 51.6. The summed E-state index contributed by atoms with van der Waals surface area (Å²) in [5.74, 6) is 0.409. The largest absolute Gasteiger partial charge is 0.505 e. The van der Waals surface area contributed by atoms with E-state index in [0.29, 0.717) is 73.6 Å². The third kappa shape index (κ3) is 11.8. The number of phenols is 1. The number of benzene rings is 7. The average molecular weight is 1020 g/mol. The molecule has 21 nitrogen and oxygen atoms in total. The number of anilines is 2. The van der Waals surface area contributed by atoms with Crippen LogP contribution in [0.3, 0.4) is 0 Å². The molecule has 0 aliphatic carbocycles. The van der Waals surface area contributed by atoms with Crippen molar-refractivity contribution >= 4 is 98.0 Å². The van der Waals surface area contributed by atoms with Crippen LogP contribution in [-0.2, 0) is 30.4 Å². The smallest absolute Gasteiger partial charge is 0.296 e. The highest BCUT2D eigenvalue weighted by Crippen LogP contribution is 2.44. The van der Waals surface area contributed by atoms with Gasteiger partial charge in [0.15, 0.2) is 5.75 Å². The highest BCUT2D eigenvalue weighted by molar-refractivity contribution is 7.87. The van der Waals surface area contributed by atoms with Crippen LogP contribution in [-0.4, -0.2) is 58.2 Å². The number of hydrogen-bond acceptors (Lipinski definition) is 18. The van der Waals surface area contributed by atoms with Crippen molar-refractivity contribution in [1.82, 2.24) is 0 Å². The lowest BCUT2D eigenvalue weighted by Crippen LogP contribution is -2.03. The molecule has 0 radical (unpaired) electrons. The molecule has 0 amide bonds. The second-order valence-electron chi connectivity index (χ2n) is 15.9. The third-order valence-corrected chi connectivity index (χ3v) is 13.4. The van der Waals surface area contributed by atoms with E-state index < -0.39 is 62.2 Å². The Morgan fingerprint density at radius 2 is 0.887 bits per heavy atom. The molecule has 0 bridgehead atoms. The summed E-state index contributed by atoms with van der Waals surface area (Å²) in [7, 11) is -11.7. The molecule has 0 saturated carbocycles. The van der Waals surface area contributed by atoms with Crippen molar-refractivity contribution in [1.29, 1.82) is 0 Å². The first-order valence-electron chi connectivity index (χ1n) is 20.8. The molecular formula is C47H43N9O12S3.